The van der Waals surface area contributed by atoms with Crippen LogP contribution in [-0.4, -0.2) is 11.5 Å². The summed E-state index contributed by atoms with van der Waals surface area (Å²) in [6.45, 7) is 6.19. The van der Waals surface area contributed by atoms with Crippen molar-refractivity contribution in [3.05, 3.63) is 59.7 Å². The van der Waals surface area contributed by atoms with Crippen LogP contribution in [0.15, 0.2) is 48.5 Å². The summed E-state index contributed by atoms with van der Waals surface area (Å²) in [6, 6.07) is 15.8. The number of benzene rings is 2. The predicted molar refractivity (Wildman–Crippen MR) is 93.0 cm³/mol. The van der Waals surface area contributed by atoms with E-state index in [1.165, 1.54) is 5.56 Å². The van der Waals surface area contributed by atoms with Crippen molar-refractivity contribution in [2.24, 2.45) is 0 Å². The number of ether oxygens (including phenoxy) is 1. The van der Waals surface area contributed by atoms with E-state index in [1.54, 1.807) is 0 Å². The van der Waals surface area contributed by atoms with E-state index in [0.717, 1.165) is 23.4 Å². The molecule has 1 atom stereocenters. The van der Waals surface area contributed by atoms with Gasteiger partial charge in [-0.1, -0.05) is 37.3 Å². The largest absolute Gasteiger partial charge is 0.488 e. The maximum atomic E-state index is 12.9. The van der Waals surface area contributed by atoms with Gasteiger partial charge in [0.2, 0.25) is 5.91 Å². The van der Waals surface area contributed by atoms with Crippen molar-refractivity contribution in [1.82, 2.24) is 0 Å². The molecule has 1 N–H and O–H groups in total. The van der Waals surface area contributed by atoms with Gasteiger partial charge in [-0.3, -0.25) is 4.79 Å². The molecule has 0 bridgehead atoms. The first-order valence-electron chi connectivity index (χ1n) is 8.16. The lowest BCUT2D eigenvalue weighted by Crippen LogP contribution is -2.38. The molecule has 0 spiro atoms. The van der Waals surface area contributed by atoms with Crippen LogP contribution in [0.2, 0.25) is 0 Å². The fourth-order valence-electron chi connectivity index (χ4n) is 3.11. The van der Waals surface area contributed by atoms with Gasteiger partial charge in [-0.05, 0) is 44.0 Å². The summed E-state index contributed by atoms with van der Waals surface area (Å²) in [7, 11) is 0. The number of amides is 1. The van der Waals surface area contributed by atoms with E-state index < -0.39 is 0 Å². The summed E-state index contributed by atoms with van der Waals surface area (Å²) in [6.07, 6.45) is 1.62. The Labute approximate surface area is 137 Å². The van der Waals surface area contributed by atoms with Crippen molar-refractivity contribution in [1.29, 1.82) is 0 Å². The molecule has 23 heavy (non-hydrogen) atoms. The Balaban J connectivity index is 1.93. The molecule has 0 aliphatic carbocycles. The van der Waals surface area contributed by atoms with E-state index in [0.29, 0.717) is 6.42 Å². The van der Waals surface area contributed by atoms with Gasteiger partial charge in [0, 0.05) is 17.7 Å². The first-order valence-corrected chi connectivity index (χ1v) is 8.16. The second-order valence-corrected chi connectivity index (χ2v) is 6.70. The number of rotatable bonds is 3. The van der Waals surface area contributed by atoms with Crippen LogP contribution in [0.4, 0.5) is 5.69 Å². The molecule has 1 aliphatic heterocycles. The zero-order valence-electron chi connectivity index (χ0n) is 13.9. The van der Waals surface area contributed by atoms with Gasteiger partial charge in [0.1, 0.15) is 11.4 Å². The number of fused-ring (bicyclic) bond motifs is 1. The number of hydrogen-bond donors (Lipinski definition) is 1. The highest BCUT2D eigenvalue weighted by atomic mass is 16.5. The van der Waals surface area contributed by atoms with Crippen LogP contribution < -0.4 is 10.1 Å². The highest BCUT2D eigenvalue weighted by Gasteiger charge is 2.37. The van der Waals surface area contributed by atoms with Crippen LogP contribution in [-0.2, 0) is 11.2 Å². The number of anilines is 1. The molecule has 0 saturated heterocycles. The lowest BCUT2D eigenvalue weighted by atomic mass is 9.83. The quantitative estimate of drug-likeness (QED) is 0.904. The molecule has 0 fully saturated rings. The Morgan fingerprint density at radius 1 is 1.22 bits per heavy atom. The third-order valence-electron chi connectivity index (χ3n) is 4.30. The molecule has 3 nitrogen and oxygen atoms in total. The molecule has 2 aromatic carbocycles. The highest BCUT2D eigenvalue weighted by Crippen LogP contribution is 2.41. The van der Waals surface area contributed by atoms with Crippen LogP contribution in [0, 0.1) is 0 Å². The first kappa shape index (κ1) is 15.6. The Kier molecular flexibility index (Phi) is 4.12. The number of carbonyl (C=O) groups excluding carboxylic acids is 1. The van der Waals surface area contributed by atoms with Gasteiger partial charge < -0.3 is 10.1 Å². The highest BCUT2D eigenvalue weighted by molar-refractivity contribution is 5.96. The lowest BCUT2D eigenvalue weighted by molar-refractivity contribution is -0.119. The number of para-hydroxylation sites is 1. The molecule has 0 saturated carbocycles. The average Bonchev–Trinajstić information content (AvgIpc) is 2.54. The number of carbonyl (C=O) groups is 1. The van der Waals surface area contributed by atoms with E-state index in [-0.39, 0.29) is 17.4 Å². The molecule has 2 aromatic rings. The van der Waals surface area contributed by atoms with Gasteiger partial charge >= 0.3 is 0 Å². The Morgan fingerprint density at radius 2 is 1.96 bits per heavy atom. The van der Waals surface area contributed by atoms with Gasteiger partial charge in [-0.25, -0.2) is 0 Å². The van der Waals surface area contributed by atoms with Crippen molar-refractivity contribution >= 4 is 11.6 Å². The third kappa shape index (κ3) is 3.39. The van der Waals surface area contributed by atoms with Gasteiger partial charge in [-0.15, -0.1) is 0 Å². The van der Waals surface area contributed by atoms with Crippen molar-refractivity contribution in [2.75, 3.05) is 5.32 Å². The van der Waals surface area contributed by atoms with E-state index in [4.69, 9.17) is 4.74 Å². The van der Waals surface area contributed by atoms with Crippen molar-refractivity contribution < 1.29 is 9.53 Å². The van der Waals surface area contributed by atoms with E-state index >= 15 is 0 Å². The summed E-state index contributed by atoms with van der Waals surface area (Å²) in [5.74, 6) is 0.661. The topological polar surface area (TPSA) is 38.3 Å². The molecule has 3 heteroatoms. The standard InChI is InChI=1S/C20H23NO2/c1-4-14-10-11-18-16(12-14)17(13-20(2,3)23-18)19(22)21-15-8-6-5-7-9-15/h5-12,17H,4,13H2,1-3H3,(H,21,22). The van der Waals surface area contributed by atoms with Crippen LogP contribution >= 0.6 is 0 Å². The van der Waals surface area contributed by atoms with Gasteiger partial charge in [0.25, 0.3) is 0 Å². The fourth-order valence-corrected chi connectivity index (χ4v) is 3.11. The summed E-state index contributed by atoms with van der Waals surface area (Å²) < 4.78 is 6.07. The SMILES string of the molecule is CCc1ccc2c(c1)C(C(=O)Nc1ccccc1)CC(C)(C)O2. The van der Waals surface area contributed by atoms with Crippen LogP contribution in [0.3, 0.4) is 0 Å². The first-order chi connectivity index (χ1) is 11.0. The van der Waals surface area contributed by atoms with Gasteiger partial charge in [-0.2, -0.15) is 0 Å². The summed E-state index contributed by atoms with van der Waals surface area (Å²) >= 11 is 0. The monoisotopic (exact) mass is 309 g/mol. The summed E-state index contributed by atoms with van der Waals surface area (Å²) in [4.78, 5) is 12.9. The zero-order valence-corrected chi connectivity index (χ0v) is 13.9. The third-order valence-corrected chi connectivity index (χ3v) is 4.30. The van der Waals surface area contributed by atoms with E-state index in [2.05, 4.69) is 24.4 Å². The smallest absolute Gasteiger partial charge is 0.232 e. The average molecular weight is 309 g/mol. The maximum Gasteiger partial charge on any atom is 0.232 e. The van der Waals surface area contributed by atoms with Gasteiger partial charge in [0.05, 0.1) is 5.92 Å². The molecule has 0 aromatic heterocycles. The summed E-state index contributed by atoms with van der Waals surface area (Å²) in [5, 5.41) is 3.03. The van der Waals surface area contributed by atoms with Crippen LogP contribution in [0.5, 0.6) is 5.75 Å². The van der Waals surface area contributed by atoms with E-state index in [1.807, 2.05) is 50.2 Å². The predicted octanol–water partition coefficient (Wildman–Crippen LogP) is 4.53. The van der Waals surface area contributed by atoms with Crippen LogP contribution in [0.25, 0.3) is 0 Å². The molecule has 0 radical (unpaired) electrons. The van der Waals surface area contributed by atoms with Crippen molar-refractivity contribution in [2.45, 2.75) is 45.1 Å². The molecule has 1 heterocycles. The fraction of sp³-hybridized carbons (Fsp3) is 0.350. The van der Waals surface area contributed by atoms with Crippen LogP contribution in [0.1, 0.15) is 44.2 Å². The minimum absolute atomic E-state index is 0.0297. The number of aryl methyl sites for hydroxylation is 1. The van der Waals surface area contributed by atoms with Crippen molar-refractivity contribution in [3.8, 4) is 5.75 Å². The minimum atomic E-state index is -0.348. The molecular weight excluding hydrogens is 286 g/mol. The Hall–Kier alpha value is -2.29. The molecule has 1 aliphatic rings. The molecule has 3 rings (SSSR count). The number of nitrogens with one attached hydrogen (secondary N) is 1. The molecular formula is C20H23NO2. The lowest BCUT2D eigenvalue weighted by Gasteiger charge is -2.37. The molecule has 1 amide bonds. The summed E-state index contributed by atoms with van der Waals surface area (Å²) in [5.41, 5.74) is 2.70. The molecule has 120 valence electrons. The normalized spacial score (nSPS) is 18.7. The maximum absolute atomic E-state index is 12.9. The molecule has 1 unspecified atom stereocenters. The zero-order chi connectivity index (χ0) is 16.4. The minimum Gasteiger partial charge on any atom is -0.488 e. The number of hydrogen-bond acceptors (Lipinski definition) is 2. The van der Waals surface area contributed by atoms with Crippen molar-refractivity contribution in [3.63, 3.8) is 0 Å². The second kappa shape index (κ2) is 6.07. The Bertz CT molecular complexity index is 707. The Morgan fingerprint density at radius 3 is 2.65 bits per heavy atom. The van der Waals surface area contributed by atoms with Gasteiger partial charge in [0.15, 0.2) is 0 Å². The second-order valence-electron chi connectivity index (χ2n) is 6.70. The van der Waals surface area contributed by atoms with E-state index in [9.17, 15) is 4.79 Å².